The number of para-hydroxylation sites is 1. The van der Waals surface area contributed by atoms with Crippen LogP contribution in [0.25, 0.3) is 11.1 Å². The number of urea groups is 1. The molecule has 2 saturated heterocycles. The average molecular weight is 496 g/mol. The highest BCUT2D eigenvalue weighted by Gasteiger charge is 2.50. The number of sulfone groups is 1. The SMILES string of the molecule is CC(C)S(=O)(=O)c1ccc(-c2ccccc2N2C(=O)NC[C@]23CCN(CC2CCC2)[C@@H](C)C3)cc1. The Morgan fingerprint density at radius 1 is 1.09 bits per heavy atom. The molecule has 0 bridgehead atoms. The number of nitrogens with one attached hydrogen (secondary N) is 1. The zero-order valence-electron chi connectivity index (χ0n) is 21.0. The second-order valence-corrected chi connectivity index (χ2v) is 13.5. The van der Waals surface area contributed by atoms with Crippen LogP contribution in [0.15, 0.2) is 53.4 Å². The molecule has 6 nitrogen and oxygen atoms in total. The van der Waals surface area contributed by atoms with Crippen molar-refractivity contribution in [2.75, 3.05) is 24.5 Å². The molecule has 0 aromatic heterocycles. The van der Waals surface area contributed by atoms with Crippen molar-refractivity contribution in [2.45, 2.75) is 74.6 Å². The van der Waals surface area contributed by atoms with E-state index < -0.39 is 15.1 Å². The molecule has 35 heavy (non-hydrogen) atoms. The highest BCUT2D eigenvalue weighted by atomic mass is 32.2. The number of nitrogens with zero attached hydrogens (tertiary/aromatic N) is 2. The quantitative estimate of drug-likeness (QED) is 0.606. The summed E-state index contributed by atoms with van der Waals surface area (Å²) in [5.74, 6) is 0.842. The van der Waals surface area contributed by atoms with Crippen molar-refractivity contribution in [3.63, 3.8) is 0 Å². The number of piperidine rings is 1. The van der Waals surface area contributed by atoms with E-state index in [1.807, 2.05) is 41.3 Å². The van der Waals surface area contributed by atoms with E-state index >= 15 is 0 Å². The van der Waals surface area contributed by atoms with Gasteiger partial charge in [0.2, 0.25) is 0 Å². The van der Waals surface area contributed by atoms with Crippen LogP contribution in [-0.2, 0) is 9.84 Å². The van der Waals surface area contributed by atoms with Crippen LogP contribution in [0.4, 0.5) is 10.5 Å². The van der Waals surface area contributed by atoms with Gasteiger partial charge in [-0.05, 0) is 76.1 Å². The van der Waals surface area contributed by atoms with Crippen molar-refractivity contribution in [1.29, 1.82) is 0 Å². The lowest BCUT2D eigenvalue weighted by Crippen LogP contribution is -2.58. The first kappa shape index (κ1) is 24.3. The van der Waals surface area contributed by atoms with Crippen molar-refractivity contribution in [3.8, 4) is 11.1 Å². The van der Waals surface area contributed by atoms with Crippen molar-refractivity contribution in [1.82, 2.24) is 10.2 Å². The third-order valence-corrected chi connectivity index (χ3v) is 10.6. The van der Waals surface area contributed by atoms with Gasteiger partial charge >= 0.3 is 6.03 Å². The lowest BCUT2D eigenvalue weighted by molar-refractivity contribution is 0.0779. The van der Waals surface area contributed by atoms with Crippen LogP contribution in [0.3, 0.4) is 0 Å². The summed E-state index contributed by atoms with van der Waals surface area (Å²) in [5, 5.41) is 2.67. The highest BCUT2D eigenvalue weighted by molar-refractivity contribution is 7.92. The topological polar surface area (TPSA) is 69.7 Å². The molecule has 1 saturated carbocycles. The molecule has 2 aromatic carbocycles. The van der Waals surface area contributed by atoms with Gasteiger partial charge < -0.3 is 10.2 Å². The van der Waals surface area contributed by atoms with E-state index in [0.29, 0.717) is 17.5 Å². The van der Waals surface area contributed by atoms with Gasteiger partial charge in [-0.15, -0.1) is 0 Å². The molecule has 188 valence electrons. The molecule has 0 unspecified atom stereocenters. The average Bonchev–Trinajstić information content (AvgIpc) is 3.12. The molecule has 3 fully saturated rings. The molecule has 0 radical (unpaired) electrons. The molecule has 2 amide bonds. The summed E-state index contributed by atoms with van der Waals surface area (Å²) >= 11 is 0. The minimum absolute atomic E-state index is 0.0453. The van der Waals surface area contributed by atoms with Crippen LogP contribution in [0, 0.1) is 5.92 Å². The second-order valence-electron chi connectivity index (χ2n) is 10.9. The maximum Gasteiger partial charge on any atom is 0.322 e. The van der Waals surface area contributed by atoms with Crippen LogP contribution in [-0.4, -0.2) is 55.8 Å². The lowest BCUT2D eigenvalue weighted by Gasteiger charge is -2.48. The van der Waals surface area contributed by atoms with Gasteiger partial charge in [0, 0.05) is 31.2 Å². The summed E-state index contributed by atoms with van der Waals surface area (Å²) in [6.45, 7) is 8.55. The van der Waals surface area contributed by atoms with Crippen LogP contribution in [0.5, 0.6) is 0 Å². The first-order valence-corrected chi connectivity index (χ1v) is 14.5. The van der Waals surface area contributed by atoms with E-state index in [4.69, 9.17) is 0 Å². The van der Waals surface area contributed by atoms with Gasteiger partial charge in [-0.3, -0.25) is 4.90 Å². The van der Waals surface area contributed by atoms with Gasteiger partial charge in [-0.1, -0.05) is 36.8 Å². The Morgan fingerprint density at radius 3 is 2.43 bits per heavy atom. The number of hydrogen-bond donors (Lipinski definition) is 1. The Labute approximate surface area is 209 Å². The van der Waals surface area contributed by atoms with Crippen LogP contribution < -0.4 is 10.2 Å². The van der Waals surface area contributed by atoms with Gasteiger partial charge in [-0.25, -0.2) is 13.2 Å². The number of likely N-dealkylation sites (tertiary alicyclic amines) is 1. The zero-order valence-corrected chi connectivity index (χ0v) is 21.9. The molecule has 1 aliphatic carbocycles. The molecule has 5 rings (SSSR count). The van der Waals surface area contributed by atoms with Gasteiger partial charge in [0.05, 0.1) is 21.4 Å². The number of hydrogen-bond acceptors (Lipinski definition) is 4. The van der Waals surface area contributed by atoms with Crippen molar-refractivity contribution < 1.29 is 13.2 Å². The molecule has 2 aromatic rings. The lowest BCUT2D eigenvalue weighted by atomic mass is 9.80. The Bertz CT molecular complexity index is 1190. The third kappa shape index (κ3) is 4.38. The van der Waals surface area contributed by atoms with Gasteiger partial charge in [0.25, 0.3) is 0 Å². The molecule has 1 spiro atoms. The molecule has 7 heteroatoms. The molecule has 2 aliphatic heterocycles. The van der Waals surface area contributed by atoms with E-state index in [0.717, 1.165) is 42.1 Å². The molecule has 2 atom stereocenters. The number of carbonyl (C=O) groups is 1. The predicted molar refractivity (Wildman–Crippen MR) is 140 cm³/mol. The van der Waals surface area contributed by atoms with Crippen molar-refractivity contribution >= 4 is 21.6 Å². The first-order valence-electron chi connectivity index (χ1n) is 13.0. The summed E-state index contributed by atoms with van der Waals surface area (Å²) in [6.07, 6.45) is 5.96. The van der Waals surface area contributed by atoms with Crippen molar-refractivity contribution in [2.24, 2.45) is 5.92 Å². The third-order valence-electron chi connectivity index (χ3n) is 8.39. The summed E-state index contributed by atoms with van der Waals surface area (Å²) in [6, 6.07) is 15.5. The summed E-state index contributed by atoms with van der Waals surface area (Å²) in [5.41, 5.74) is 2.50. The van der Waals surface area contributed by atoms with E-state index in [1.54, 1.807) is 26.0 Å². The zero-order chi connectivity index (χ0) is 24.8. The van der Waals surface area contributed by atoms with Gasteiger partial charge in [0.1, 0.15) is 0 Å². The molecular weight excluding hydrogens is 458 g/mol. The Balaban J connectivity index is 1.44. The van der Waals surface area contributed by atoms with Gasteiger partial charge in [0.15, 0.2) is 9.84 Å². The summed E-state index contributed by atoms with van der Waals surface area (Å²) in [7, 11) is -3.33. The molecule has 2 heterocycles. The number of anilines is 1. The van der Waals surface area contributed by atoms with Crippen LogP contribution in [0.1, 0.15) is 52.9 Å². The van der Waals surface area contributed by atoms with Crippen LogP contribution >= 0.6 is 0 Å². The normalized spacial score (nSPS) is 25.8. The smallest absolute Gasteiger partial charge is 0.322 e. The van der Waals surface area contributed by atoms with Crippen LogP contribution in [0.2, 0.25) is 0 Å². The highest BCUT2D eigenvalue weighted by Crippen LogP contribution is 2.43. The number of benzene rings is 2. The standard InChI is InChI=1S/C28H37N3O3S/c1-20(2)35(33,34)24-13-11-23(12-14-24)25-9-4-5-10-26(25)31-27(32)29-19-28(31)15-16-30(21(3)17-28)18-22-7-6-8-22/h4-5,9-14,20-22H,6-8,15-19H2,1-3H3,(H,29,32)/t21-,28+/m0/s1. The van der Waals surface area contributed by atoms with E-state index in [9.17, 15) is 13.2 Å². The minimum atomic E-state index is -3.33. The first-order chi connectivity index (χ1) is 16.7. The minimum Gasteiger partial charge on any atom is -0.335 e. The monoisotopic (exact) mass is 495 g/mol. The van der Waals surface area contributed by atoms with E-state index in [2.05, 4.69) is 17.1 Å². The molecule has 1 N–H and O–H groups in total. The van der Waals surface area contributed by atoms with E-state index in [-0.39, 0.29) is 11.6 Å². The maximum atomic E-state index is 13.2. The molecule has 3 aliphatic rings. The Kier molecular flexibility index (Phi) is 6.43. The fourth-order valence-electron chi connectivity index (χ4n) is 5.98. The van der Waals surface area contributed by atoms with Crippen molar-refractivity contribution in [3.05, 3.63) is 48.5 Å². The number of carbonyl (C=O) groups excluding carboxylic acids is 1. The maximum absolute atomic E-state index is 13.2. The number of rotatable bonds is 6. The predicted octanol–water partition coefficient (Wildman–Crippen LogP) is 5.09. The fourth-order valence-corrected chi connectivity index (χ4v) is 7.04. The fraction of sp³-hybridized carbons (Fsp3) is 0.536. The second kappa shape index (κ2) is 9.25. The Hall–Kier alpha value is -2.38. The van der Waals surface area contributed by atoms with Gasteiger partial charge in [-0.2, -0.15) is 0 Å². The summed E-state index contributed by atoms with van der Waals surface area (Å²) in [4.78, 5) is 18.2. The summed E-state index contributed by atoms with van der Waals surface area (Å²) < 4.78 is 25.2. The molecular formula is C28H37N3O3S. The largest absolute Gasteiger partial charge is 0.335 e. The van der Waals surface area contributed by atoms with E-state index in [1.165, 1.54) is 25.8 Å². The number of amides is 2. The Morgan fingerprint density at radius 2 is 1.80 bits per heavy atom.